The second-order valence-electron chi connectivity index (χ2n) is 5.56. The Morgan fingerprint density at radius 1 is 1.26 bits per heavy atom. The van der Waals surface area contributed by atoms with Gasteiger partial charge >= 0.3 is 6.03 Å². The number of rotatable bonds is 4. The predicted molar refractivity (Wildman–Crippen MR) is 75.1 cm³/mol. The molecular weight excluding hydrogens is 242 g/mol. The third-order valence-electron chi connectivity index (χ3n) is 3.55. The van der Waals surface area contributed by atoms with E-state index in [2.05, 4.69) is 41.5 Å². The van der Waals surface area contributed by atoms with E-state index in [1.54, 1.807) is 0 Å². The quantitative estimate of drug-likeness (QED) is 0.750. The zero-order chi connectivity index (χ0) is 13.7. The maximum Gasteiger partial charge on any atom is 0.315 e. The largest absolute Gasteiger partial charge is 0.373 e. The van der Waals surface area contributed by atoms with Gasteiger partial charge in [0.05, 0.1) is 12.2 Å². The van der Waals surface area contributed by atoms with Crippen LogP contribution in [0.1, 0.15) is 26.7 Å². The monoisotopic (exact) mass is 267 g/mol. The molecule has 5 heteroatoms. The Balaban J connectivity index is 1.59. The van der Waals surface area contributed by atoms with Crippen LogP contribution >= 0.6 is 0 Å². The zero-order valence-corrected chi connectivity index (χ0v) is 11.9. The fourth-order valence-corrected chi connectivity index (χ4v) is 2.77. The molecule has 0 aromatic heterocycles. The van der Waals surface area contributed by atoms with E-state index in [1.165, 1.54) is 0 Å². The number of urea groups is 1. The van der Waals surface area contributed by atoms with E-state index in [0.29, 0.717) is 6.54 Å². The number of hydrogen-bond acceptors (Lipinski definition) is 3. The summed E-state index contributed by atoms with van der Waals surface area (Å²) in [7, 11) is 0. The fraction of sp³-hybridized carbons (Fsp3) is 0.786. The van der Waals surface area contributed by atoms with Crippen LogP contribution in [0.5, 0.6) is 0 Å². The van der Waals surface area contributed by atoms with Crippen LogP contribution in [0, 0.1) is 0 Å². The van der Waals surface area contributed by atoms with E-state index in [9.17, 15) is 4.79 Å². The van der Waals surface area contributed by atoms with Crippen LogP contribution in [-0.2, 0) is 4.74 Å². The second kappa shape index (κ2) is 6.91. The number of carbonyl (C=O) groups excluding carboxylic acids is 1. The molecule has 1 heterocycles. The molecule has 0 aromatic rings. The summed E-state index contributed by atoms with van der Waals surface area (Å²) in [6, 6.07) is 0.228. The molecule has 2 rings (SSSR count). The summed E-state index contributed by atoms with van der Waals surface area (Å²) >= 11 is 0. The molecule has 0 spiro atoms. The van der Waals surface area contributed by atoms with Crippen LogP contribution in [0.15, 0.2) is 12.2 Å². The van der Waals surface area contributed by atoms with Crippen molar-refractivity contribution in [1.82, 2.24) is 15.5 Å². The number of ether oxygens (including phenoxy) is 1. The van der Waals surface area contributed by atoms with Crippen molar-refractivity contribution >= 4 is 6.03 Å². The highest BCUT2D eigenvalue weighted by Crippen LogP contribution is 2.10. The SMILES string of the molecule is C[C@H]1CN(CCNC(=O)NC2CC=CC2)C[C@H](C)O1. The van der Waals surface area contributed by atoms with Gasteiger partial charge in [0.15, 0.2) is 0 Å². The van der Waals surface area contributed by atoms with Gasteiger partial charge in [-0.25, -0.2) is 4.79 Å². The van der Waals surface area contributed by atoms with E-state index in [1.807, 2.05) is 0 Å². The lowest BCUT2D eigenvalue weighted by Gasteiger charge is -2.35. The molecule has 0 aromatic carbocycles. The fourth-order valence-electron chi connectivity index (χ4n) is 2.77. The molecule has 5 nitrogen and oxygen atoms in total. The van der Waals surface area contributed by atoms with E-state index in [-0.39, 0.29) is 24.3 Å². The first-order chi connectivity index (χ1) is 9.13. The zero-order valence-electron chi connectivity index (χ0n) is 11.9. The average Bonchev–Trinajstić information content (AvgIpc) is 2.80. The maximum absolute atomic E-state index is 11.7. The van der Waals surface area contributed by atoms with Gasteiger partial charge in [0, 0.05) is 32.2 Å². The summed E-state index contributed by atoms with van der Waals surface area (Å²) in [6.45, 7) is 7.64. The van der Waals surface area contributed by atoms with Gasteiger partial charge in [-0.1, -0.05) is 12.2 Å². The van der Waals surface area contributed by atoms with Crippen LogP contribution < -0.4 is 10.6 Å². The number of amides is 2. The maximum atomic E-state index is 11.7. The number of nitrogens with one attached hydrogen (secondary N) is 2. The Hall–Kier alpha value is -1.07. The lowest BCUT2D eigenvalue weighted by atomic mass is 10.2. The number of carbonyl (C=O) groups is 1. The van der Waals surface area contributed by atoms with Crippen molar-refractivity contribution in [2.45, 2.75) is 44.9 Å². The summed E-state index contributed by atoms with van der Waals surface area (Å²) in [4.78, 5) is 14.0. The van der Waals surface area contributed by atoms with Crippen molar-refractivity contribution in [1.29, 1.82) is 0 Å². The molecule has 2 N–H and O–H groups in total. The molecule has 0 bridgehead atoms. The van der Waals surface area contributed by atoms with Crippen LogP contribution in [0.4, 0.5) is 4.79 Å². The molecule has 0 radical (unpaired) electrons. The molecule has 0 unspecified atom stereocenters. The molecule has 0 saturated carbocycles. The molecule has 2 amide bonds. The summed E-state index contributed by atoms with van der Waals surface area (Å²) in [5, 5.41) is 5.90. The lowest BCUT2D eigenvalue weighted by Crippen LogP contribution is -2.49. The van der Waals surface area contributed by atoms with Crippen molar-refractivity contribution in [3.63, 3.8) is 0 Å². The normalized spacial score (nSPS) is 28.5. The van der Waals surface area contributed by atoms with Crippen LogP contribution in [-0.4, -0.2) is 55.4 Å². The minimum atomic E-state index is -0.0527. The molecule has 19 heavy (non-hydrogen) atoms. The van der Waals surface area contributed by atoms with Crippen LogP contribution in [0.25, 0.3) is 0 Å². The predicted octanol–water partition coefficient (Wildman–Crippen LogP) is 1.11. The van der Waals surface area contributed by atoms with Crippen LogP contribution in [0.3, 0.4) is 0 Å². The minimum Gasteiger partial charge on any atom is -0.373 e. The topological polar surface area (TPSA) is 53.6 Å². The number of nitrogens with zero attached hydrogens (tertiary/aromatic N) is 1. The van der Waals surface area contributed by atoms with Gasteiger partial charge in [0.25, 0.3) is 0 Å². The second-order valence-corrected chi connectivity index (χ2v) is 5.56. The number of hydrogen-bond donors (Lipinski definition) is 2. The Morgan fingerprint density at radius 3 is 2.53 bits per heavy atom. The molecule has 1 aliphatic heterocycles. The number of morpholine rings is 1. The van der Waals surface area contributed by atoms with Crippen molar-refractivity contribution < 1.29 is 9.53 Å². The minimum absolute atomic E-state index is 0.0527. The smallest absolute Gasteiger partial charge is 0.315 e. The summed E-state index contributed by atoms with van der Waals surface area (Å²) < 4.78 is 5.68. The molecule has 108 valence electrons. The molecular formula is C14H25N3O2. The standard InChI is InChI=1S/C14H25N3O2/c1-11-9-17(10-12(2)19-11)8-7-15-14(18)16-13-5-3-4-6-13/h3-4,11-13H,5-10H2,1-2H3,(H2,15,16,18)/t11-,12-/m0/s1. The van der Waals surface area contributed by atoms with E-state index < -0.39 is 0 Å². The van der Waals surface area contributed by atoms with Gasteiger partial charge in [-0.2, -0.15) is 0 Å². The van der Waals surface area contributed by atoms with E-state index in [4.69, 9.17) is 4.74 Å². The van der Waals surface area contributed by atoms with Gasteiger partial charge < -0.3 is 15.4 Å². The first-order valence-electron chi connectivity index (χ1n) is 7.20. The molecule has 2 aliphatic rings. The van der Waals surface area contributed by atoms with Crippen molar-refractivity contribution in [2.24, 2.45) is 0 Å². The molecule has 1 saturated heterocycles. The third-order valence-corrected chi connectivity index (χ3v) is 3.55. The first kappa shape index (κ1) is 14.3. The highest BCUT2D eigenvalue weighted by molar-refractivity contribution is 5.74. The van der Waals surface area contributed by atoms with E-state index in [0.717, 1.165) is 32.5 Å². The average molecular weight is 267 g/mol. The molecule has 1 aliphatic carbocycles. The Bertz CT molecular complexity index is 315. The highest BCUT2D eigenvalue weighted by Gasteiger charge is 2.21. The van der Waals surface area contributed by atoms with Gasteiger partial charge in [-0.15, -0.1) is 0 Å². The molecule has 1 fully saturated rings. The molecule has 2 atom stereocenters. The van der Waals surface area contributed by atoms with Gasteiger partial charge in [0.1, 0.15) is 0 Å². The van der Waals surface area contributed by atoms with E-state index >= 15 is 0 Å². The highest BCUT2D eigenvalue weighted by atomic mass is 16.5. The first-order valence-corrected chi connectivity index (χ1v) is 7.20. The van der Waals surface area contributed by atoms with Crippen LogP contribution in [0.2, 0.25) is 0 Å². The third kappa shape index (κ3) is 4.84. The van der Waals surface area contributed by atoms with Gasteiger partial charge in [-0.3, -0.25) is 4.90 Å². The Labute approximate surface area is 115 Å². The van der Waals surface area contributed by atoms with Crippen molar-refractivity contribution in [3.8, 4) is 0 Å². The van der Waals surface area contributed by atoms with Gasteiger partial charge in [-0.05, 0) is 26.7 Å². The van der Waals surface area contributed by atoms with Gasteiger partial charge in [0.2, 0.25) is 0 Å². The Morgan fingerprint density at radius 2 is 1.89 bits per heavy atom. The summed E-state index contributed by atoms with van der Waals surface area (Å²) in [5.74, 6) is 0. The Kier molecular flexibility index (Phi) is 5.22. The summed E-state index contributed by atoms with van der Waals surface area (Å²) in [5.41, 5.74) is 0. The summed E-state index contributed by atoms with van der Waals surface area (Å²) in [6.07, 6.45) is 6.69. The van der Waals surface area contributed by atoms with Crippen molar-refractivity contribution in [3.05, 3.63) is 12.2 Å². The van der Waals surface area contributed by atoms with Crippen molar-refractivity contribution in [2.75, 3.05) is 26.2 Å². The lowest BCUT2D eigenvalue weighted by molar-refractivity contribution is -0.0672.